The molecule has 0 saturated heterocycles. The zero-order valence-electron chi connectivity index (χ0n) is 18.9. The van der Waals surface area contributed by atoms with Crippen LogP contribution in [0.1, 0.15) is 17.8 Å². The summed E-state index contributed by atoms with van der Waals surface area (Å²) < 4.78 is 7.59. The predicted molar refractivity (Wildman–Crippen MR) is 131 cm³/mol. The molecule has 0 atom stereocenters. The Bertz CT molecular complexity index is 1490. The summed E-state index contributed by atoms with van der Waals surface area (Å²) in [6.07, 6.45) is 9.10. The summed E-state index contributed by atoms with van der Waals surface area (Å²) in [6, 6.07) is 13.4. The number of ether oxygens (including phenoxy) is 1. The highest BCUT2D eigenvalue weighted by Crippen LogP contribution is 2.40. The lowest BCUT2D eigenvalue weighted by atomic mass is 9.96. The van der Waals surface area contributed by atoms with Gasteiger partial charge in [0.1, 0.15) is 11.4 Å². The van der Waals surface area contributed by atoms with Gasteiger partial charge in [0.15, 0.2) is 0 Å². The average molecular weight is 466 g/mol. The summed E-state index contributed by atoms with van der Waals surface area (Å²) in [5.41, 5.74) is 6.79. The normalized spacial score (nSPS) is 12.6. The number of aryl methyl sites for hydroxylation is 1. The van der Waals surface area contributed by atoms with Gasteiger partial charge in [0, 0.05) is 66.5 Å². The van der Waals surface area contributed by atoms with Crippen molar-refractivity contribution in [3.8, 4) is 28.3 Å². The highest BCUT2D eigenvalue weighted by Gasteiger charge is 2.25. The number of rotatable bonds is 6. The fraction of sp³-hybridized carbons (Fsp3) is 0.192. The Labute approximate surface area is 201 Å². The van der Waals surface area contributed by atoms with Gasteiger partial charge >= 0.3 is 6.09 Å². The molecule has 0 unspecified atom stereocenters. The first-order valence-electron chi connectivity index (χ1n) is 11.6. The van der Waals surface area contributed by atoms with Crippen LogP contribution >= 0.6 is 0 Å². The zero-order chi connectivity index (χ0) is 23.6. The Morgan fingerprint density at radius 3 is 2.97 bits per heavy atom. The molecule has 1 aromatic carbocycles. The Morgan fingerprint density at radius 1 is 1.14 bits per heavy atom. The molecule has 9 heteroatoms. The first-order valence-corrected chi connectivity index (χ1v) is 11.6. The molecule has 0 saturated carbocycles. The number of nitrogens with one attached hydrogen (secondary N) is 2. The molecule has 2 N–H and O–H groups in total. The van der Waals surface area contributed by atoms with Crippen molar-refractivity contribution in [2.45, 2.75) is 25.8 Å². The van der Waals surface area contributed by atoms with Gasteiger partial charge in [-0.15, -0.1) is 0 Å². The summed E-state index contributed by atoms with van der Waals surface area (Å²) in [5.74, 6) is 0.436. The highest BCUT2D eigenvalue weighted by molar-refractivity contribution is 5.99. The largest absolute Gasteiger partial charge is 0.412 e. The SMILES string of the molecule is O=C(NCCc1cnc[nH]1)Oc1ccc2c(-c3c(-c4ccccn4)nn4c3CCC4)ccnc2c1. The van der Waals surface area contributed by atoms with Crippen molar-refractivity contribution in [3.05, 3.63) is 78.8 Å². The van der Waals surface area contributed by atoms with E-state index < -0.39 is 6.09 Å². The smallest absolute Gasteiger partial charge is 0.410 e. The summed E-state index contributed by atoms with van der Waals surface area (Å²) in [5, 5.41) is 8.63. The van der Waals surface area contributed by atoms with E-state index in [1.54, 1.807) is 37.1 Å². The van der Waals surface area contributed by atoms with E-state index >= 15 is 0 Å². The first-order chi connectivity index (χ1) is 17.3. The van der Waals surface area contributed by atoms with Crippen LogP contribution in [-0.4, -0.2) is 42.4 Å². The molecule has 4 aromatic heterocycles. The van der Waals surface area contributed by atoms with Crippen LogP contribution in [0.25, 0.3) is 33.4 Å². The van der Waals surface area contributed by atoms with Crippen LogP contribution in [0, 0.1) is 0 Å². The second kappa shape index (κ2) is 9.02. The molecule has 0 radical (unpaired) electrons. The number of nitrogens with zero attached hydrogens (tertiary/aromatic N) is 5. The molecule has 1 aliphatic rings. The van der Waals surface area contributed by atoms with Crippen LogP contribution in [0.4, 0.5) is 4.79 Å². The monoisotopic (exact) mass is 465 g/mol. The summed E-state index contributed by atoms with van der Waals surface area (Å²) in [6.45, 7) is 1.35. The minimum Gasteiger partial charge on any atom is -0.410 e. The van der Waals surface area contributed by atoms with E-state index in [-0.39, 0.29) is 0 Å². The number of hydrogen-bond donors (Lipinski definition) is 2. The van der Waals surface area contributed by atoms with Crippen LogP contribution in [0.3, 0.4) is 0 Å². The average Bonchev–Trinajstić information content (AvgIpc) is 3.62. The zero-order valence-corrected chi connectivity index (χ0v) is 18.9. The standard InChI is InChI=1S/C26H23N7O2/c34-26(30-11-8-17-15-27-16-31-17)35-18-6-7-19-20(9-12-29-22(19)14-18)24-23-5-3-13-33(23)32-25(24)21-4-1-2-10-28-21/h1-2,4,6-7,9-10,12,14-16H,3,5,8,11,13H2,(H,27,31)(H,30,34). The van der Waals surface area contributed by atoms with Crippen molar-refractivity contribution in [3.63, 3.8) is 0 Å². The number of benzene rings is 1. The Hall–Kier alpha value is -4.53. The van der Waals surface area contributed by atoms with E-state index in [0.29, 0.717) is 18.7 Å². The number of H-pyrrole nitrogens is 1. The fourth-order valence-corrected chi connectivity index (χ4v) is 4.57. The van der Waals surface area contributed by atoms with Crippen molar-refractivity contribution >= 4 is 17.0 Å². The van der Waals surface area contributed by atoms with Crippen LogP contribution in [-0.2, 0) is 19.4 Å². The molecule has 1 amide bonds. The van der Waals surface area contributed by atoms with Crippen molar-refractivity contribution < 1.29 is 9.53 Å². The molecule has 0 fully saturated rings. The summed E-state index contributed by atoms with van der Waals surface area (Å²) in [7, 11) is 0. The fourth-order valence-electron chi connectivity index (χ4n) is 4.57. The molecule has 5 aromatic rings. The highest BCUT2D eigenvalue weighted by atomic mass is 16.6. The van der Waals surface area contributed by atoms with Gasteiger partial charge in [-0.05, 0) is 48.7 Å². The lowest BCUT2D eigenvalue weighted by molar-refractivity contribution is 0.200. The molecule has 1 aliphatic heterocycles. The lowest BCUT2D eigenvalue weighted by Gasteiger charge is -2.11. The van der Waals surface area contributed by atoms with Gasteiger partial charge in [0.05, 0.1) is 17.5 Å². The van der Waals surface area contributed by atoms with E-state index in [2.05, 4.69) is 29.9 Å². The van der Waals surface area contributed by atoms with Crippen molar-refractivity contribution in [2.75, 3.05) is 6.54 Å². The molecule has 6 rings (SSSR count). The third kappa shape index (κ3) is 4.12. The van der Waals surface area contributed by atoms with Crippen LogP contribution in [0.2, 0.25) is 0 Å². The number of carbonyl (C=O) groups excluding carboxylic acids is 1. The number of carbonyl (C=O) groups is 1. The number of aromatic nitrogens is 6. The maximum atomic E-state index is 12.3. The number of amides is 1. The van der Waals surface area contributed by atoms with Crippen LogP contribution < -0.4 is 10.1 Å². The minimum atomic E-state index is -0.507. The van der Waals surface area contributed by atoms with Crippen LogP contribution in [0.15, 0.2) is 67.4 Å². The Balaban J connectivity index is 1.29. The molecular formula is C26H23N7O2. The van der Waals surface area contributed by atoms with Gasteiger partial charge in [0.25, 0.3) is 0 Å². The number of aromatic amines is 1. The lowest BCUT2D eigenvalue weighted by Crippen LogP contribution is -2.28. The summed E-state index contributed by atoms with van der Waals surface area (Å²) >= 11 is 0. The third-order valence-corrected chi connectivity index (χ3v) is 6.16. The number of fused-ring (bicyclic) bond motifs is 2. The van der Waals surface area contributed by atoms with E-state index in [0.717, 1.165) is 58.5 Å². The molecule has 9 nitrogen and oxygen atoms in total. The first kappa shape index (κ1) is 21.0. The van der Waals surface area contributed by atoms with E-state index in [1.165, 1.54) is 5.69 Å². The molecule has 0 aliphatic carbocycles. The number of pyridine rings is 2. The van der Waals surface area contributed by atoms with Crippen molar-refractivity contribution in [2.24, 2.45) is 0 Å². The topological polar surface area (TPSA) is 111 Å². The molecular weight excluding hydrogens is 442 g/mol. The molecule has 0 spiro atoms. The van der Waals surface area contributed by atoms with Gasteiger partial charge in [0.2, 0.25) is 0 Å². The maximum absolute atomic E-state index is 12.3. The van der Waals surface area contributed by atoms with Gasteiger partial charge in [-0.2, -0.15) is 5.10 Å². The van der Waals surface area contributed by atoms with E-state index in [1.807, 2.05) is 30.3 Å². The number of imidazole rings is 1. The van der Waals surface area contributed by atoms with Gasteiger partial charge in [-0.1, -0.05) is 6.07 Å². The van der Waals surface area contributed by atoms with Gasteiger partial charge in [-0.25, -0.2) is 9.78 Å². The van der Waals surface area contributed by atoms with Gasteiger partial charge < -0.3 is 15.0 Å². The quantitative estimate of drug-likeness (QED) is 0.390. The van der Waals surface area contributed by atoms with Crippen LogP contribution in [0.5, 0.6) is 5.75 Å². The number of hydrogen-bond acceptors (Lipinski definition) is 6. The van der Waals surface area contributed by atoms with E-state index in [9.17, 15) is 4.79 Å². The second-order valence-electron chi connectivity index (χ2n) is 8.39. The van der Waals surface area contributed by atoms with Crippen molar-refractivity contribution in [1.82, 2.24) is 35.0 Å². The predicted octanol–water partition coefficient (Wildman–Crippen LogP) is 4.16. The second-order valence-corrected chi connectivity index (χ2v) is 8.39. The third-order valence-electron chi connectivity index (χ3n) is 6.16. The molecule has 5 heterocycles. The Morgan fingerprint density at radius 2 is 2.11 bits per heavy atom. The molecule has 0 bridgehead atoms. The summed E-state index contributed by atoms with van der Waals surface area (Å²) in [4.78, 5) is 28.3. The van der Waals surface area contributed by atoms with Crippen molar-refractivity contribution in [1.29, 1.82) is 0 Å². The maximum Gasteiger partial charge on any atom is 0.412 e. The molecule has 174 valence electrons. The van der Waals surface area contributed by atoms with E-state index in [4.69, 9.17) is 9.84 Å². The van der Waals surface area contributed by atoms with Gasteiger partial charge in [-0.3, -0.25) is 14.6 Å². The Kier molecular flexibility index (Phi) is 5.42. The minimum absolute atomic E-state index is 0.436. The molecule has 35 heavy (non-hydrogen) atoms.